The van der Waals surface area contributed by atoms with Crippen molar-refractivity contribution in [1.29, 1.82) is 0 Å². The first-order valence-corrected chi connectivity index (χ1v) is 9.22. The van der Waals surface area contributed by atoms with Gasteiger partial charge in [0.1, 0.15) is 11.6 Å². The second-order valence-electron chi connectivity index (χ2n) is 6.64. The number of aromatic nitrogens is 4. The van der Waals surface area contributed by atoms with Crippen molar-refractivity contribution in [3.05, 3.63) is 35.7 Å². The van der Waals surface area contributed by atoms with Crippen LogP contribution in [0, 0.1) is 0 Å². The molecule has 2 aromatic heterocycles. The number of rotatable bonds is 6. The lowest BCUT2D eigenvalue weighted by atomic mass is 10.2. The van der Waals surface area contributed by atoms with Crippen molar-refractivity contribution in [2.45, 2.75) is 51.6 Å². The Hall–Kier alpha value is -2.31. The smallest absolute Gasteiger partial charge is 0.191 e. The van der Waals surface area contributed by atoms with Crippen LogP contribution in [-0.2, 0) is 33.0 Å². The summed E-state index contributed by atoms with van der Waals surface area (Å²) in [4.78, 5) is 4.28. The van der Waals surface area contributed by atoms with Gasteiger partial charge in [-0.2, -0.15) is 0 Å². The zero-order valence-corrected chi connectivity index (χ0v) is 15.3. The van der Waals surface area contributed by atoms with Gasteiger partial charge in [-0.25, -0.2) is 0 Å². The Morgan fingerprint density at radius 3 is 2.96 bits per heavy atom. The Balaban J connectivity index is 1.40. The molecule has 3 rings (SSSR count). The third-order valence-electron chi connectivity index (χ3n) is 4.63. The Bertz CT molecular complexity index is 698. The van der Waals surface area contributed by atoms with Gasteiger partial charge in [0, 0.05) is 59.0 Å². The summed E-state index contributed by atoms with van der Waals surface area (Å²) < 4.78 is 4.38. The molecule has 2 N–H and O–H groups in total. The lowest BCUT2D eigenvalue weighted by molar-refractivity contribution is 0.594. The van der Waals surface area contributed by atoms with Gasteiger partial charge in [-0.15, -0.1) is 10.2 Å². The minimum Gasteiger partial charge on any atom is -0.357 e. The number of nitrogens with zero attached hydrogens (tertiary/aromatic N) is 5. The number of nitrogens with one attached hydrogen (secondary N) is 2. The van der Waals surface area contributed by atoms with Crippen LogP contribution >= 0.6 is 0 Å². The van der Waals surface area contributed by atoms with Crippen LogP contribution in [0.3, 0.4) is 0 Å². The highest BCUT2D eigenvalue weighted by Crippen LogP contribution is 2.15. The summed E-state index contributed by atoms with van der Waals surface area (Å²) in [5.74, 6) is 3.13. The van der Waals surface area contributed by atoms with Crippen LogP contribution in [0.25, 0.3) is 0 Å². The number of hydrogen-bond acceptors (Lipinski definition) is 3. The minimum atomic E-state index is 0.776. The van der Waals surface area contributed by atoms with Gasteiger partial charge in [0.2, 0.25) is 0 Å². The Morgan fingerprint density at radius 1 is 1.24 bits per heavy atom. The van der Waals surface area contributed by atoms with E-state index in [-0.39, 0.29) is 0 Å². The lowest BCUT2D eigenvalue weighted by Gasteiger charge is -2.11. The van der Waals surface area contributed by atoms with E-state index in [4.69, 9.17) is 0 Å². The SMILES string of the molecule is CN=C(NCCCc1nnc2n1CCCCC2)NCc1ccn(C)c1. The van der Waals surface area contributed by atoms with Crippen molar-refractivity contribution in [1.82, 2.24) is 30.0 Å². The van der Waals surface area contributed by atoms with Crippen LogP contribution in [0.2, 0.25) is 0 Å². The molecule has 0 radical (unpaired) electrons. The van der Waals surface area contributed by atoms with Gasteiger partial charge in [0.05, 0.1) is 0 Å². The van der Waals surface area contributed by atoms with E-state index in [9.17, 15) is 0 Å². The van der Waals surface area contributed by atoms with E-state index < -0.39 is 0 Å². The zero-order chi connectivity index (χ0) is 17.5. The normalized spacial score (nSPS) is 14.9. The summed E-state index contributed by atoms with van der Waals surface area (Å²) in [7, 11) is 3.83. The van der Waals surface area contributed by atoms with Crippen LogP contribution in [0.4, 0.5) is 0 Å². The van der Waals surface area contributed by atoms with Gasteiger partial charge in [-0.3, -0.25) is 4.99 Å². The Morgan fingerprint density at radius 2 is 2.16 bits per heavy atom. The fraction of sp³-hybridized carbons (Fsp3) is 0.611. The monoisotopic (exact) mass is 343 g/mol. The number of aliphatic imine (C=N–C) groups is 1. The molecule has 0 atom stereocenters. The summed E-state index contributed by atoms with van der Waals surface area (Å²) in [6.07, 6.45) is 11.0. The van der Waals surface area contributed by atoms with E-state index in [1.54, 1.807) is 7.05 Å². The fourth-order valence-corrected chi connectivity index (χ4v) is 3.26. The summed E-state index contributed by atoms with van der Waals surface area (Å²) >= 11 is 0. The number of guanidine groups is 1. The highest BCUT2D eigenvalue weighted by Gasteiger charge is 2.14. The van der Waals surface area contributed by atoms with Crippen molar-refractivity contribution < 1.29 is 0 Å². The molecule has 7 heteroatoms. The molecule has 25 heavy (non-hydrogen) atoms. The molecule has 0 saturated carbocycles. The molecule has 136 valence electrons. The topological polar surface area (TPSA) is 72.1 Å². The maximum absolute atomic E-state index is 4.39. The molecule has 7 nitrogen and oxygen atoms in total. The first kappa shape index (κ1) is 17.5. The quantitative estimate of drug-likeness (QED) is 0.475. The van der Waals surface area contributed by atoms with E-state index in [0.29, 0.717) is 0 Å². The molecule has 0 aromatic carbocycles. The van der Waals surface area contributed by atoms with Crippen molar-refractivity contribution in [3.8, 4) is 0 Å². The Labute approximate surface area is 149 Å². The Kier molecular flexibility index (Phi) is 6.09. The molecule has 0 amide bonds. The van der Waals surface area contributed by atoms with Gasteiger partial charge >= 0.3 is 0 Å². The standard InChI is InChI=1S/C18H29N7/c1-19-18(21-13-15-9-12-24(2)14-15)20-10-6-8-17-23-22-16-7-4-3-5-11-25(16)17/h9,12,14H,3-8,10-11,13H2,1-2H3,(H2,19,20,21). The maximum Gasteiger partial charge on any atom is 0.191 e. The first-order chi connectivity index (χ1) is 12.3. The number of aryl methyl sites for hydroxylation is 3. The molecule has 0 fully saturated rings. The lowest BCUT2D eigenvalue weighted by Crippen LogP contribution is -2.37. The second-order valence-corrected chi connectivity index (χ2v) is 6.64. The van der Waals surface area contributed by atoms with Crippen LogP contribution in [0.15, 0.2) is 23.5 Å². The first-order valence-electron chi connectivity index (χ1n) is 9.22. The van der Waals surface area contributed by atoms with E-state index in [2.05, 4.69) is 53.4 Å². The number of fused-ring (bicyclic) bond motifs is 1. The molecule has 0 saturated heterocycles. The molecule has 3 heterocycles. The summed E-state index contributed by atoms with van der Waals surface area (Å²) in [6, 6.07) is 2.11. The molecule has 0 aliphatic carbocycles. The second kappa shape index (κ2) is 8.69. The predicted octanol–water partition coefficient (Wildman–Crippen LogP) is 1.64. The van der Waals surface area contributed by atoms with Crippen LogP contribution in [0.1, 0.15) is 42.9 Å². The zero-order valence-electron chi connectivity index (χ0n) is 15.3. The average molecular weight is 343 g/mol. The molecular formula is C18H29N7. The highest BCUT2D eigenvalue weighted by molar-refractivity contribution is 5.79. The summed E-state index contributed by atoms with van der Waals surface area (Å²) in [6.45, 7) is 2.72. The van der Waals surface area contributed by atoms with Gasteiger partial charge in [0.15, 0.2) is 5.96 Å². The predicted molar refractivity (Wildman–Crippen MR) is 99.5 cm³/mol. The van der Waals surface area contributed by atoms with Gasteiger partial charge < -0.3 is 19.8 Å². The molecule has 1 aliphatic rings. The van der Waals surface area contributed by atoms with E-state index in [0.717, 1.165) is 50.7 Å². The van der Waals surface area contributed by atoms with E-state index in [1.165, 1.54) is 30.7 Å². The van der Waals surface area contributed by atoms with Crippen molar-refractivity contribution in [2.24, 2.45) is 12.0 Å². The third kappa shape index (κ3) is 4.84. The largest absolute Gasteiger partial charge is 0.357 e. The van der Waals surface area contributed by atoms with Crippen molar-refractivity contribution >= 4 is 5.96 Å². The average Bonchev–Trinajstić information content (AvgIpc) is 3.12. The van der Waals surface area contributed by atoms with Gasteiger partial charge in [0.25, 0.3) is 0 Å². The maximum atomic E-state index is 4.39. The van der Waals surface area contributed by atoms with E-state index in [1.807, 2.05) is 7.05 Å². The molecular weight excluding hydrogens is 314 g/mol. The minimum absolute atomic E-state index is 0.776. The van der Waals surface area contributed by atoms with Crippen molar-refractivity contribution in [2.75, 3.05) is 13.6 Å². The van der Waals surface area contributed by atoms with Gasteiger partial charge in [-0.05, 0) is 30.9 Å². The van der Waals surface area contributed by atoms with E-state index >= 15 is 0 Å². The fourth-order valence-electron chi connectivity index (χ4n) is 3.26. The number of hydrogen-bond donors (Lipinski definition) is 2. The van der Waals surface area contributed by atoms with Crippen LogP contribution < -0.4 is 10.6 Å². The highest BCUT2D eigenvalue weighted by atomic mass is 15.3. The molecule has 0 unspecified atom stereocenters. The molecule has 0 spiro atoms. The molecule has 1 aliphatic heterocycles. The van der Waals surface area contributed by atoms with Crippen molar-refractivity contribution in [3.63, 3.8) is 0 Å². The third-order valence-corrected chi connectivity index (χ3v) is 4.63. The molecule has 0 bridgehead atoms. The van der Waals surface area contributed by atoms with Gasteiger partial charge in [-0.1, -0.05) is 6.42 Å². The summed E-state index contributed by atoms with van der Waals surface area (Å²) in [5, 5.41) is 15.5. The summed E-state index contributed by atoms with van der Waals surface area (Å²) in [5.41, 5.74) is 1.25. The molecule has 2 aromatic rings. The van der Waals surface area contributed by atoms with Crippen LogP contribution in [-0.4, -0.2) is 38.9 Å². The van der Waals surface area contributed by atoms with Crippen LogP contribution in [0.5, 0.6) is 0 Å².